The lowest BCUT2D eigenvalue weighted by Gasteiger charge is -2.34. The monoisotopic (exact) mass is 297 g/mol. The third kappa shape index (κ3) is 3.26. The summed E-state index contributed by atoms with van der Waals surface area (Å²) in [6, 6.07) is 13.7. The number of anilines is 1. The predicted molar refractivity (Wildman–Crippen MR) is 84.9 cm³/mol. The molecule has 1 aliphatic heterocycles. The van der Waals surface area contributed by atoms with E-state index in [1.54, 1.807) is 18.3 Å². The highest BCUT2D eigenvalue weighted by Gasteiger charge is 2.24. The van der Waals surface area contributed by atoms with Crippen molar-refractivity contribution in [3.05, 3.63) is 59.8 Å². The second-order valence-corrected chi connectivity index (χ2v) is 5.37. The van der Waals surface area contributed by atoms with Gasteiger partial charge in [0.25, 0.3) is 5.91 Å². The van der Waals surface area contributed by atoms with Gasteiger partial charge in [0.1, 0.15) is 5.82 Å². The SMILES string of the molecule is NC(=O)c1cccnc1N1CCO[C@@H](Cc2ccccc2)C1. The van der Waals surface area contributed by atoms with Crippen molar-refractivity contribution in [3.63, 3.8) is 0 Å². The van der Waals surface area contributed by atoms with Gasteiger partial charge in [-0.3, -0.25) is 4.79 Å². The minimum Gasteiger partial charge on any atom is -0.374 e. The van der Waals surface area contributed by atoms with Crippen molar-refractivity contribution in [2.24, 2.45) is 5.73 Å². The van der Waals surface area contributed by atoms with Gasteiger partial charge in [-0.15, -0.1) is 0 Å². The van der Waals surface area contributed by atoms with Gasteiger partial charge >= 0.3 is 0 Å². The summed E-state index contributed by atoms with van der Waals surface area (Å²) in [5.41, 5.74) is 7.14. The van der Waals surface area contributed by atoms with Gasteiger partial charge in [-0.2, -0.15) is 0 Å². The molecule has 1 atom stereocenters. The van der Waals surface area contributed by atoms with Gasteiger partial charge < -0.3 is 15.4 Å². The van der Waals surface area contributed by atoms with Crippen LogP contribution in [0, 0.1) is 0 Å². The fourth-order valence-electron chi connectivity index (χ4n) is 2.75. The van der Waals surface area contributed by atoms with Crippen molar-refractivity contribution in [1.82, 2.24) is 4.98 Å². The van der Waals surface area contributed by atoms with Crippen molar-refractivity contribution in [2.45, 2.75) is 12.5 Å². The van der Waals surface area contributed by atoms with E-state index in [1.807, 2.05) is 18.2 Å². The van der Waals surface area contributed by atoms with Gasteiger partial charge in [0.15, 0.2) is 0 Å². The van der Waals surface area contributed by atoms with Crippen molar-refractivity contribution in [3.8, 4) is 0 Å². The first-order chi connectivity index (χ1) is 10.7. The van der Waals surface area contributed by atoms with Crippen LogP contribution in [0.5, 0.6) is 0 Å². The van der Waals surface area contributed by atoms with E-state index in [4.69, 9.17) is 10.5 Å². The third-order valence-corrected chi connectivity index (χ3v) is 3.80. The van der Waals surface area contributed by atoms with Gasteiger partial charge in [0, 0.05) is 25.7 Å². The Morgan fingerprint density at radius 3 is 2.86 bits per heavy atom. The molecule has 1 aromatic heterocycles. The van der Waals surface area contributed by atoms with E-state index in [-0.39, 0.29) is 6.10 Å². The molecule has 2 heterocycles. The number of ether oxygens (including phenoxy) is 1. The van der Waals surface area contributed by atoms with Gasteiger partial charge in [-0.1, -0.05) is 30.3 Å². The number of primary amides is 1. The van der Waals surface area contributed by atoms with Gasteiger partial charge in [0.05, 0.1) is 18.3 Å². The van der Waals surface area contributed by atoms with Crippen LogP contribution in [-0.4, -0.2) is 36.7 Å². The molecule has 1 amide bonds. The molecule has 0 radical (unpaired) electrons. The molecular formula is C17H19N3O2. The zero-order valence-electron chi connectivity index (χ0n) is 12.3. The van der Waals surface area contributed by atoms with E-state index in [9.17, 15) is 4.79 Å². The number of nitrogens with zero attached hydrogens (tertiary/aromatic N) is 2. The number of amides is 1. The third-order valence-electron chi connectivity index (χ3n) is 3.80. The molecule has 0 unspecified atom stereocenters. The average Bonchev–Trinajstić information content (AvgIpc) is 2.56. The molecule has 0 aliphatic carbocycles. The maximum Gasteiger partial charge on any atom is 0.252 e. The highest BCUT2D eigenvalue weighted by atomic mass is 16.5. The molecule has 114 valence electrons. The van der Waals surface area contributed by atoms with Crippen LogP contribution >= 0.6 is 0 Å². The maximum absolute atomic E-state index is 11.6. The molecule has 0 saturated carbocycles. The number of carbonyl (C=O) groups is 1. The number of rotatable bonds is 4. The van der Waals surface area contributed by atoms with E-state index in [0.717, 1.165) is 6.42 Å². The Morgan fingerprint density at radius 2 is 2.09 bits per heavy atom. The molecule has 0 spiro atoms. The molecule has 3 rings (SSSR count). The van der Waals surface area contributed by atoms with Crippen LogP contribution in [0.2, 0.25) is 0 Å². The molecule has 2 N–H and O–H groups in total. The number of hydrogen-bond donors (Lipinski definition) is 1. The number of benzene rings is 1. The number of nitrogens with two attached hydrogens (primary N) is 1. The predicted octanol–water partition coefficient (Wildman–Crippen LogP) is 1.63. The minimum atomic E-state index is -0.450. The Kier molecular flexibility index (Phi) is 4.34. The first-order valence-electron chi connectivity index (χ1n) is 7.39. The topological polar surface area (TPSA) is 68.5 Å². The number of hydrogen-bond acceptors (Lipinski definition) is 4. The van der Waals surface area contributed by atoms with E-state index in [0.29, 0.717) is 31.1 Å². The van der Waals surface area contributed by atoms with Gasteiger partial charge in [0.2, 0.25) is 0 Å². The summed E-state index contributed by atoms with van der Waals surface area (Å²) >= 11 is 0. The Morgan fingerprint density at radius 1 is 1.27 bits per heavy atom. The molecule has 22 heavy (non-hydrogen) atoms. The molecule has 1 fully saturated rings. The van der Waals surface area contributed by atoms with E-state index >= 15 is 0 Å². The van der Waals surface area contributed by atoms with Crippen LogP contribution in [0.25, 0.3) is 0 Å². The van der Waals surface area contributed by atoms with Crippen LogP contribution in [-0.2, 0) is 11.2 Å². The fraction of sp³-hybridized carbons (Fsp3) is 0.294. The van der Waals surface area contributed by atoms with Crippen molar-refractivity contribution in [1.29, 1.82) is 0 Å². The van der Waals surface area contributed by atoms with Gasteiger partial charge in [-0.25, -0.2) is 4.98 Å². The lowest BCUT2D eigenvalue weighted by atomic mass is 10.1. The lowest BCUT2D eigenvalue weighted by molar-refractivity contribution is 0.0407. The van der Waals surface area contributed by atoms with Crippen molar-refractivity contribution < 1.29 is 9.53 Å². The zero-order valence-corrected chi connectivity index (χ0v) is 12.3. The number of aromatic nitrogens is 1. The second-order valence-electron chi connectivity index (χ2n) is 5.37. The van der Waals surface area contributed by atoms with Gasteiger partial charge in [-0.05, 0) is 17.7 Å². The quantitative estimate of drug-likeness (QED) is 0.931. The Labute approximate surface area is 129 Å². The zero-order chi connectivity index (χ0) is 15.4. The first-order valence-corrected chi connectivity index (χ1v) is 7.39. The highest BCUT2D eigenvalue weighted by Crippen LogP contribution is 2.21. The first kappa shape index (κ1) is 14.5. The molecule has 5 nitrogen and oxygen atoms in total. The van der Waals surface area contributed by atoms with Crippen LogP contribution in [0.15, 0.2) is 48.7 Å². The highest BCUT2D eigenvalue weighted by molar-refractivity contribution is 5.97. The molecule has 1 aliphatic rings. The molecule has 0 bridgehead atoms. The fourth-order valence-corrected chi connectivity index (χ4v) is 2.75. The van der Waals surface area contributed by atoms with Crippen molar-refractivity contribution in [2.75, 3.05) is 24.6 Å². The molecular weight excluding hydrogens is 278 g/mol. The summed E-state index contributed by atoms with van der Waals surface area (Å²) in [4.78, 5) is 18.0. The van der Waals surface area contributed by atoms with E-state index < -0.39 is 5.91 Å². The number of carbonyl (C=O) groups excluding carboxylic acids is 1. The summed E-state index contributed by atoms with van der Waals surface area (Å²) in [5, 5.41) is 0. The Hall–Kier alpha value is -2.40. The summed E-state index contributed by atoms with van der Waals surface area (Å²) in [5.74, 6) is 0.200. The second kappa shape index (κ2) is 6.58. The molecule has 1 saturated heterocycles. The number of pyridine rings is 1. The summed E-state index contributed by atoms with van der Waals surface area (Å²) in [6.45, 7) is 2.03. The largest absolute Gasteiger partial charge is 0.374 e. The lowest BCUT2D eigenvalue weighted by Crippen LogP contribution is -2.44. The smallest absolute Gasteiger partial charge is 0.252 e. The summed E-state index contributed by atoms with van der Waals surface area (Å²) in [7, 11) is 0. The molecule has 5 heteroatoms. The standard InChI is InChI=1S/C17H19N3O2/c18-16(21)15-7-4-8-19-17(15)20-9-10-22-14(12-20)11-13-5-2-1-3-6-13/h1-8,14H,9-12H2,(H2,18,21)/t14-/m0/s1. The average molecular weight is 297 g/mol. The van der Waals surface area contributed by atoms with Crippen LogP contribution in [0.3, 0.4) is 0 Å². The van der Waals surface area contributed by atoms with E-state index in [1.165, 1.54) is 5.56 Å². The van der Waals surface area contributed by atoms with Crippen LogP contribution in [0.1, 0.15) is 15.9 Å². The van der Waals surface area contributed by atoms with Crippen LogP contribution in [0.4, 0.5) is 5.82 Å². The normalized spacial score (nSPS) is 18.2. The van der Waals surface area contributed by atoms with Crippen LogP contribution < -0.4 is 10.6 Å². The van der Waals surface area contributed by atoms with E-state index in [2.05, 4.69) is 22.0 Å². The number of morpholine rings is 1. The van der Waals surface area contributed by atoms with Crippen molar-refractivity contribution >= 4 is 11.7 Å². The Bertz CT molecular complexity index is 645. The Balaban J connectivity index is 1.75. The molecule has 2 aromatic rings. The summed E-state index contributed by atoms with van der Waals surface area (Å²) < 4.78 is 5.85. The maximum atomic E-state index is 11.6. The minimum absolute atomic E-state index is 0.0823. The molecule has 1 aromatic carbocycles. The summed E-state index contributed by atoms with van der Waals surface area (Å²) in [6.07, 6.45) is 2.61.